The Morgan fingerprint density at radius 2 is 2.14 bits per heavy atom. The maximum atomic E-state index is 12.2. The van der Waals surface area contributed by atoms with Gasteiger partial charge in [-0.15, -0.1) is 0 Å². The highest BCUT2D eigenvalue weighted by atomic mass is 16.5. The Morgan fingerprint density at radius 1 is 1.43 bits per heavy atom. The van der Waals surface area contributed by atoms with Crippen LogP contribution in [0.3, 0.4) is 0 Å². The first-order valence-corrected chi connectivity index (χ1v) is 6.35. The number of benzene rings is 1. The highest BCUT2D eigenvalue weighted by Gasteiger charge is 2.16. The SMILES string of the molecule is CCOc1nc(C(=O)Nc2ccccc2)cc(N)c1C#N. The number of nitrogens with two attached hydrogens (primary N) is 1. The van der Waals surface area contributed by atoms with E-state index in [1.54, 1.807) is 19.1 Å². The highest BCUT2D eigenvalue weighted by Crippen LogP contribution is 2.23. The molecule has 0 radical (unpaired) electrons. The highest BCUT2D eigenvalue weighted by molar-refractivity contribution is 6.03. The standard InChI is InChI=1S/C15H14N4O2/c1-2-21-15-11(9-16)12(17)8-13(19-15)14(20)18-10-6-4-3-5-7-10/h3-8H,2H2,1H3,(H2,17,19)(H,18,20). The second-order valence-electron chi connectivity index (χ2n) is 4.14. The fraction of sp³-hybridized carbons (Fsp3) is 0.133. The quantitative estimate of drug-likeness (QED) is 0.895. The zero-order valence-electron chi connectivity index (χ0n) is 11.5. The number of nitrogens with zero attached hydrogens (tertiary/aromatic N) is 2. The van der Waals surface area contributed by atoms with E-state index >= 15 is 0 Å². The number of rotatable bonds is 4. The Labute approximate surface area is 122 Å². The van der Waals surface area contributed by atoms with E-state index in [9.17, 15) is 4.79 Å². The van der Waals surface area contributed by atoms with E-state index < -0.39 is 5.91 Å². The third-order valence-electron chi connectivity index (χ3n) is 2.67. The van der Waals surface area contributed by atoms with E-state index in [2.05, 4.69) is 10.3 Å². The number of hydrogen-bond acceptors (Lipinski definition) is 5. The summed E-state index contributed by atoms with van der Waals surface area (Å²) in [6.07, 6.45) is 0. The van der Waals surface area contributed by atoms with Crippen LogP contribution in [0.1, 0.15) is 23.0 Å². The summed E-state index contributed by atoms with van der Waals surface area (Å²) < 4.78 is 5.26. The molecular formula is C15H14N4O2. The predicted molar refractivity (Wildman–Crippen MR) is 78.9 cm³/mol. The Hall–Kier alpha value is -3.07. The number of carbonyl (C=O) groups excluding carboxylic acids is 1. The van der Waals surface area contributed by atoms with Crippen LogP contribution in [0.5, 0.6) is 5.88 Å². The zero-order chi connectivity index (χ0) is 15.2. The van der Waals surface area contributed by atoms with Crippen LogP contribution in [-0.2, 0) is 0 Å². The molecule has 21 heavy (non-hydrogen) atoms. The minimum absolute atomic E-state index is 0.0678. The fourth-order valence-electron chi connectivity index (χ4n) is 1.73. The first-order chi connectivity index (χ1) is 10.2. The molecule has 1 aromatic carbocycles. The molecular weight excluding hydrogens is 268 g/mol. The fourth-order valence-corrected chi connectivity index (χ4v) is 1.73. The van der Waals surface area contributed by atoms with E-state index in [1.165, 1.54) is 6.07 Å². The summed E-state index contributed by atoms with van der Waals surface area (Å²) in [6.45, 7) is 2.08. The van der Waals surface area contributed by atoms with E-state index in [1.807, 2.05) is 24.3 Å². The largest absolute Gasteiger partial charge is 0.477 e. The lowest BCUT2D eigenvalue weighted by atomic mass is 10.2. The predicted octanol–water partition coefficient (Wildman–Crippen LogP) is 2.19. The average Bonchev–Trinajstić information content (AvgIpc) is 2.48. The first-order valence-electron chi connectivity index (χ1n) is 6.35. The van der Waals surface area contributed by atoms with Gasteiger partial charge in [-0.2, -0.15) is 5.26 Å². The van der Waals surface area contributed by atoms with Gasteiger partial charge in [0.25, 0.3) is 5.91 Å². The van der Waals surface area contributed by atoms with Crippen molar-refractivity contribution in [2.45, 2.75) is 6.92 Å². The van der Waals surface area contributed by atoms with Gasteiger partial charge >= 0.3 is 0 Å². The van der Waals surface area contributed by atoms with Gasteiger partial charge < -0.3 is 15.8 Å². The van der Waals surface area contributed by atoms with Crippen molar-refractivity contribution in [3.8, 4) is 11.9 Å². The molecule has 0 spiro atoms. The van der Waals surface area contributed by atoms with Crippen LogP contribution in [0.25, 0.3) is 0 Å². The summed E-state index contributed by atoms with van der Waals surface area (Å²) in [6, 6.07) is 12.3. The maximum absolute atomic E-state index is 12.2. The third-order valence-corrected chi connectivity index (χ3v) is 2.67. The van der Waals surface area contributed by atoms with Crippen molar-refractivity contribution in [2.75, 3.05) is 17.7 Å². The van der Waals surface area contributed by atoms with Crippen molar-refractivity contribution in [1.29, 1.82) is 5.26 Å². The van der Waals surface area contributed by atoms with E-state index in [-0.39, 0.29) is 22.8 Å². The van der Waals surface area contributed by atoms with E-state index in [0.29, 0.717) is 12.3 Å². The van der Waals surface area contributed by atoms with Gasteiger partial charge in [0.05, 0.1) is 12.3 Å². The number of pyridine rings is 1. The number of hydrogen-bond donors (Lipinski definition) is 2. The molecule has 0 fully saturated rings. The number of amides is 1. The summed E-state index contributed by atoms with van der Waals surface area (Å²) >= 11 is 0. The number of nitriles is 1. The number of nitrogens with one attached hydrogen (secondary N) is 1. The third kappa shape index (κ3) is 3.28. The second-order valence-corrected chi connectivity index (χ2v) is 4.14. The van der Waals surface area contributed by atoms with Gasteiger partial charge in [-0.3, -0.25) is 4.79 Å². The number of para-hydroxylation sites is 1. The van der Waals surface area contributed by atoms with Gasteiger partial charge in [-0.1, -0.05) is 18.2 Å². The topological polar surface area (TPSA) is 101 Å². The molecule has 0 bridgehead atoms. The minimum atomic E-state index is -0.418. The summed E-state index contributed by atoms with van der Waals surface area (Å²) in [5.74, 6) is -0.350. The molecule has 6 heteroatoms. The normalized spacial score (nSPS) is 9.71. The lowest BCUT2D eigenvalue weighted by Gasteiger charge is -2.10. The summed E-state index contributed by atoms with van der Waals surface area (Å²) in [7, 11) is 0. The van der Waals surface area contributed by atoms with Gasteiger partial charge in [0.15, 0.2) is 0 Å². The summed E-state index contributed by atoms with van der Waals surface area (Å²) in [5, 5.41) is 11.7. The molecule has 1 amide bonds. The molecule has 2 aromatic rings. The second kappa shape index (κ2) is 6.39. The molecule has 0 aliphatic carbocycles. The van der Waals surface area contributed by atoms with E-state index in [4.69, 9.17) is 15.7 Å². The molecule has 0 saturated carbocycles. The maximum Gasteiger partial charge on any atom is 0.274 e. The molecule has 1 heterocycles. The van der Waals surface area contributed by atoms with Crippen LogP contribution in [0.4, 0.5) is 11.4 Å². The van der Waals surface area contributed by atoms with Crippen LogP contribution >= 0.6 is 0 Å². The summed E-state index contributed by atoms with van der Waals surface area (Å²) in [5.41, 5.74) is 6.81. The van der Waals surface area contributed by atoms with Crippen LogP contribution in [0.15, 0.2) is 36.4 Å². The molecule has 2 rings (SSSR count). The van der Waals surface area contributed by atoms with Gasteiger partial charge in [0, 0.05) is 5.69 Å². The Kier molecular flexibility index (Phi) is 4.36. The molecule has 106 valence electrons. The number of ether oxygens (including phenoxy) is 1. The summed E-state index contributed by atoms with van der Waals surface area (Å²) in [4.78, 5) is 16.2. The first kappa shape index (κ1) is 14.3. The Bertz CT molecular complexity index is 693. The van der Waals surface area contributed by atoms with Crippen LogP contribution in [0, 0.1) is 11.3 Å². The number of anilines is 2. The molecule has 0 saturated heterocycles. The van der Waals surface area contributed by atoms with Gasteiger partial charge in [0.1, 0.15) is 17.3 Å². The average molecular weight is 282 g/mol. The molecule has 1 aromatic heterocycles. The van der Waals surface area contributed by atoms with Gasteiger partial charge in [0.2, 0.25) is 5.88 Å². The van der Waals surface area contributed by atoms with Crippen molar-refractivity contribution in [2.24, 2.45) is 0 Å². The van der Waals surface area contributed by atoms with Crippen LogP contribution < -0.4 is 15.8 Å². The van der Waals surface area contributed by atoms with Crippen molar-refractivity contribution in [3.63, 3.8) is 0 Å². The molecule has 0 aliphatic rings. The van der Waals surface area contributed by atoms with Crippen LogP contribution in [-0.4, -0.2) is 17.5 Å². The van der Waals surface area contributed by atoms with Crippen LogP contribution in [0.2, 0.25) is 0 Å². The van der Waals surface area contributed by atoms with Crippen molar-refractivity contribution < 1.29 is 9.53 Å². The molecule has 0 aliphatic heterocycles. The molecule has 6 nitrogen and oxygen atoms in total. The number of aromatic nitrogens is 1. The Morgan fingerprint density at radius 3 is 2.76 bits per heavy atom. The molecule has 0 atom stereocenters. The number of nitrogen functional groups attached to an aromatic ring is 1. The smallest absolute Gasteiger partial charge is 0.274 e. The zero-order valence-corrected chi connectivity index (χ0v) is 11.5. The molecule has 3 N–H and O–H groups in total. The lowest BCUT2D eigenvalue weighted by Crippen LogP contribution is -2.15. The minimum Gasteiger partial charge on any atom is -0.477 e. The number of carbonyl (C=O) groups is 1. The molecule has 0 unspecified atom stereocenters. The van der Waals surface area contributed by atoms with Crippen molar-refractivity contribution >= 4 is 17.3 Å². The van der Waals surface area contributed by atoms with Crippen molar-refractivity contribution in [1.82, 2.24) is 4.98 Å². The Balaban J connectivity index is 2.31. The van der Waals surface area contributed by atoms with Gasteiger partial charge in [-0.05, 0) is 25.1 Å². The monoisotopic (exact) mass is 282 g/mol. The van der Waals surface area contributed by atoms with E-state index in [0.717, 1.165) is 0 Å². The van der Waals surface area contributed by atoms with Gasteiger partial charge in [-0.25, -0.2) is 4.98 Å². The van der Waals surface area contributed by atoms with Crippen molar-refractivity contribution in [3.05, 3.63) is 47.7 Å². The lowest BCUT2D eigenvalue weighted by molar-refractivity contribution is 0.102.